The molecule has 0 aliphatic rings. The molecule has 0 aliphatic carbocycles. The molecule has 0 saturated carbocycles. The van der Waals surface area contributed by atoms with Gasteiger partial charge >= 0.3 is 5.97 Å². The van der Waals surface area contributed by atoms with E-state index in [-0.39, 0.29) is 24.9 Å². The van der Waals surface area contributed by atoms with Gasteiger partial charge in [-0.2, -0.15) is 0 Å². The zero-order valence-corrected chi connectivity index (χ0v) is 13.2. The molecule has 2 N–H and O–H groups in total. The first-order valence-corrected chi connectivity index (χ1v) is 7.21. The molecule has 0 fully saturated rings. The van der Waals surface area contributed by atoms with Crippen molar-refractivity contribution in [1.29, 1.82) is 0 Å². The van der Waals surface area contributed by atoms with Crippen molar-refractivity contribution in [2.75, 3.05) is 13.7 Å². The Morgan fingerprint density at radius 3 is 2.27 bits per heavy atom. The number of hydrogen-bond donors (Lipinski definition) is 2. The third-order valence-electron chi connectivity index (χ3n) is 3.00. The number of ether oxygens (including phenoxy) is 2. The van der Waals surface area contributed by atoms with Crippen LogP contribution in [0.25, 0.3) is 0 Å². The molecular weight excluding hydrogens is 286 g/mol. The number of hydrogen-bond acceptors (Lipinski definition) is 4. The van der Waals surface area contributed by atoms with Crippen molar-refractivity contribution in [3.8, 4) is 11.5 Å². The summed E-state index contributed by atoms with van der Waals surface area (Å²) in [6.07, 6.45) is 0.508. The topological polar surface area (TPSA) is 84.9 Å². The van der Waals surface area contributed by atoms with Gasteiger partial charge in [-0.1, -0.05) is 13.8 Å². The van der Waals surface area contributed by atoms with E-state index in [4.69, 9.17) is 14.6 Å². The first-order valence-electron chi connectivity index (χ1n) is 7.21. The van der Waals surface area contributed by atoms with Crippen LogP contribution < -0.4 is 14.8 Å². The van der Waals surface area contributed by atoms with Gasteiger partial charge in [0.2, 0.25) is 5.91 Å². The van der Waals surface area contributed by atoms with E-state index in [1.54, 1.807) is 31.4 Å². The number of aliphatic carboxylic acids is 1. The van der Waals surface area contributed by atoms with Crippen LogP contribution in [-0.4, -0.2) is 36.7 Å². The molecule has 0 radical (unpaired) electrons. The lowest BCUT2D eigenvalue weighted by atomic mass is 10.0. The summed E-state index contributed by atoms with van der Waals surface area (Å²) in [4.78, 5) is 22.8. The highest BCUT2D eigenvalue weighted by Gasteiger charge is 2.20. The molecule has 0 spiro atoms. The largest absolute Gasteiger partial charge is 0.497 e. The number of nitrogens with one attached hydrogen (secondary N) is 1. The molecule has 0 aliphatic heterocycles. The van der Waals surface area contributed by atoms with Gasteiger partial charge in [0.15, 0.2) is 0 Å². The van der Waals surface area contributed by atoms with Crippen LogP contribution >= 0.6 is 0 Å². The average molecular weight is 309 g/mol. The van der Waals surface area contributed by atoms with Crippen LogP contribution in [0.3, 0.4) is 0 Å². The van der Waals surface area contributed by atoms with Crippen molar-refractivity contribution in [3.05, 3.63) is 24.3 Å². The Hall–Kier alpha value is -2.24. The van der Waals surface area contributed by atoms with Crippen LogP contribution in [0, 0.1) is 5.92 Å². The highest BCUT2D eigenvalue weighted by Crippen LogP contribution is 2.17. The Bertz CT molecular complexity index is 484. The average Bonchev–Trinajstić information content (AvgIpc) is 2.46. The number of carbonyl (C=O) groups excluding carboxylic acids is 1. The van der Waals surface area contributed by atoms with Crippen molar-refractivity contribution in [2.45, 2.75) is 32.7 Å². The Kier molecular flexibility index (Phi) is 7.22. The maximum Gasteiger partial charge on any atom is 0.326 e. The molecule has 6 heteroatoms. The quantitative estimate of drug-likeness (QED) is 0.729. The molecule has 1 aromatic rings. The lowest BCUT2D eigenvalue weighted by molar-refractivity contribution is -0.142. The number of benzene rings is 1. The van der Waals surface area contributed by atoms with Gasteiger partial charge in [0.25, 0.3) is 0 Å². The number of amides is 1. The zero-order valence-electron chi connectivity index (χ0n) is 13.2. The molecule has 1 atom stereocenters. The fourth-order valence-corrected chi connectivity index (χ4v) is 1.89. The third kappa shape index (κ3) is 6.47. The molecule has 0 saturated heterocycles. The van der Waals surface area contributed by atoms with Crippen molar-refractivity contribution >= 4 is 11.9 Å². The van der Waals surface area contributed by atoms with Gasteiger partial charge in [-0.05, 0) is 36.6 Å². The SMILES string of the molecule is COc1ccc(OCCC(=O)NC(CC(C)C)C(=O)O)cc1. The molecule has 0 heterocycles. The molecule has 0 bridgehead atoms. The molecule has 1 aromatic carbocycles. The minimum atomic E-state index is -1.02. The Morgan fingerprint density at radius 1 is 1.18 bits per heavy atom. The molecule has 1 amide bonds. The number of carboxylic acids is 1. The van der Waals surface area contributed by atoms with E-state index in [0.29, 0.717) is 12.2 Å². The number of methoxy groups -OCH3 is 1. The second kappa shape index (κ2) is 8.92. The second-order valence-corrected chi connectivity index (χ2v) is 5.36. The van der Waals surface area contributed by atoms with Crippen LogP contribution in [0.15, 0.2) is 24.3 Å². The summed E-state index contributed by atoms with van der Waals surface area (Å²) in [5.74, 6) is 0.199. The Labute approximate surface area is 130 Å². The standard InChI is InChI=1S/C16H23NO5/c1-11(2)10-14(16(19)20)17-15(18)8-9-22-13-6-4-12(21-3)5-7-13/h4-7,11,14H,8-10H2,1-3H3,(H,17,18)(H,19,20). The van der Waals surface area contributed by atoms with Crippen LogP contribution in [0.4, 0.5) is 0 Å². The molecular formula is C16H23NO5. The number of carbonyl (C=O) groups is 2. The number of carboxylic acid groups (broad SMARTS) is 1. The summed E-state index contributed by atoms with van der Waals surface area (Å²) < 4.78 is 10.5. The van der Waals surface area contributed by atoms with Crippen LogP contribution in [0.1, 0.15) is 26.7 Å². The Balaban J connectivity index is 2.36. The van der Waals surface area contributed by atoms with Gasteiger partial charge in [0.1, 0.15) is 17.5 Å². The lowest BCUT2D eigenvalue weighted by Gasteiger charge is -2.16. The first-order chi connectivity index (χ1) is 10.4. The van der Waals surface area contributed by atoms with Crippen molar-refractivity contribution in [1.82, 2.24) is 5.32 Å². The normalized spacial score (nSPS) is 11.8. The summed E-state index contributed by atoms with van der Waals surface area (Å²) in [6.45, 7) is 4.01. The van der Waals surface area contributed by atoms with Crippen LogP contribution in [0.2, 0.25) is 0 Å². The van der Waals surface area contributed by atoms with Crippen LogP contribution in [0.5, 0.6) is 11.5 Å². The van der Waals surface area contributed by atoms with E-state index in [2.05, 4.69) is 5.32 Å². The van der Waals surface area contributed by atoms with E-state index >= 15 is 0 Å². The van der Waals surface area contributed by atoms with Crippen molar-refractivity contribution in [3.63, 3.8) is 0 Å². The van der Waals surface area contributed by atoms with Crippen molar-refractivity contribution in [2.24, 2.45) is 5.92 Å². The second-order valence-electron chi connectivity index (χ2n) is 5.36. The molecule has 22 heavy (non-hydrogen) atoms. The fourth-order valence-electron chi connectivity index (χ4n) is 1.89. The summed E-state index contributed by atoms with van der Waals surface area (Å²) in [7, 11) is 1.58. The molecule has 1 rings (SSSR count). The lowest BCUT2D eigenvalue weighted by Crippen LogP contribution is -2.42. The smallest absolute Gasteiger partial charge is 0.326 e. The monoisotopic (exact) mass is 309 g/mol. The van der Waals surface area contributed by atoms with Gasteiger partial charge in [0, 0.05) is 0 Å². The van der Waals surface area contributed by atoms with E-state index < -0.39 is 12.0 Å². The van der Waals surface area contributed by atoms with Gasteiger partial charge in [0.05, 0.1) is 20.1 Å². The minimum Gasteiger partial charge on any atom is -0.497 e. The first kappa shape index (κ1) is 17.8. The number of rotatable bonds is 9. The molecule has 0 aromatic heterocycles. The van der Waals surface area contributed by atoms with Gasteiger partial charge in [-0.3, -0.25) is 4.79 Å². The summed E-state index contributed by atoms with van der Waals surface area (Å²) in [5, 5.41) is 11.6. The van der Waals surface area contributed by atoms with Crippen molar-refractivity contribution < 1.29 is 24.2 Å². The van der Waals surface area contributed by atoms with Gasteiger partial charge in [-0.25, -0.2) is 4.79 Å². The predicted octanol–water partition coefficient (Wildman–Crippen LogP) is 2.08. The summed E-state index contributed by atoms with van der Waals surface area (Å²) in [6, 6.07) is 6.16. The predicted molar refractivity (Wildman–Crippen MR) is 82.1 cm³/mol. The van der Waals surface area contributed by atoms with Gasteiger partial charge < -0.3 is 19.9 Å². The maximum atomic E-state index is 11.8. The summed E-state index contributed by atoms with van der Waals surface area (Å²) in [5.41, 5.74) is 0. The van der Waals surface area contributed by atoms with Gasteiger partial charge in [-0.15, -0.1) is 0 Å². The molecule has 122 valence electrons. The van der Waals surface area contributed by atoms with E-state index in [0.717, 1.165) is 5.75 Å². The van der Waals surface area contributed by atoms with E-state index in [1.165, 1.54) is 0 Å². The van der Waals surface area contributed by atoms with Crippen LogP contribution in [-0.2, 0) is 9.59 Å². The fraction of sp³-hybridized carbons (Fsp3) is 0.500. The zero-order chi connectivity index (χ0) is 16.5. The summed E-state index contributed by atoms with van der Waals surface area (Å²) >= 11 is 0. The van der Waals surface area contributed by atoms with E-state index in [9.17, 15) is 9.59 Å². The molecule has 1 unspecified atom stereocenters. The third-order valence-corrected chi connectivity index (χ3v) is 3.00. The van der Waals surface area contributed by atoms with E-state index in [1.807, 2.05) is 13.8 Å². The highest BCUT2D eigenvalue weighted by molar-refractivity contribution is 5.83. The Morgan fingerprint density at radius 2 is 1.77 bits per heavy atom. The maximum absolute atomic E-state index is 11.8. The highest BCUT2D eigenvalue weighted by atomic mass is 16.5. The molecule has 6 nitrogen and oxygen atoms in total. The minimum absolute atomic E-state index is 0.105.